The number of rotatable bonds is 4. The fourth-order valence-corrected chi connectivity index (χ4v) is 3.52. The third-order valence-corrected chi connectivity index (χ3v) is 4.99. The quantitative estimate of drug-likeness (QED) is 0.742. The molecule has 1 aromatic carbocycles. The van der Waals surface area contributed by atoms with Gasteiger partial charge in [-0.3, -0.25) is 4.79 Å². The second-order valence-corrected chi connectivity index (χ2v) is 6.50. The van der Waals surface area contributed by atoms with Crippen LogP contribution in [0.15, 0.2) is 12.1 Å². The SMILES string of the molecule is CN(C)C1(CNc2cc3c(cc2N)CC(=O)N3)CCCC1. The Morgan fingerprint density at radius 2 is 2.05 bits per heavy atom. The molecule has 1 saturated carbocycles. The molecule has 1 amide bonds. The first-order chi connectivity index (χ1) is 10.00. The number of nitrogens with two attached hydrogens (primary N) is 1. The van der Waals surface area contributed by atoms with E-state index in [-0.39, 0.29) is 11.4 Å². The highest BCUT2D eigenvalue weighted by atomic mass is 16.1. The first-order valence-electron chi connectivity index (χ1n) is 7.64. The zero-order valence-electron chi connectivity index (χ0n) is 12.8. The van der Waals surface area contributed by atoms with Gasteiger partial charge in [0.05, 0.1) is 17.8 Å². The predicted molar refractivity (Wildman–Crippen MR) is 86.6 cm³/mol. The molecular weight excluding hydrogens is 264 g/mol. The Bertz CT molecular complexity index is 562. The molecule has 0 atom stereocenters. The van der Waals surface area contributed by atoms with Gasteiger partial charge in [-0.05, 0) is 44.6 Å². The number of hydrogen-bond acceptors (Lipinski definition) is 4. The van der Waals surface area contributed by atoms with E-state index in [1.54, 1.807) is 0 Å². The van der Waals surface area contributed by atoms with Crippen molar-refractivity contribution >= 4 is 23.0 Å². The molecule has 0 bridgehead atoms. The van der Waals surface area contributed by atoms with Crippen LogP contribution in [-0.4, -0.2) is 37.0 Å². The summed E-state index contributed by atoms with van der Waals surface area (Å²) < 4.78 is 0. The highest BCUT2D eigenvalue weighted by Crippen LogP contribution is 2.36. The number of anilines is 3. The molecule has 5 heteroatoms. The average molecular weight is 288 g/mol. The van der Waals surface area contributed by atoms with Gasteiger partial charge in [0.25, 0.3) is 0 Å². The number of benzene rings is 1. The van der Waals surface area contributed by atoms with E-state index in [0.717, 1.165) is 29.2 Å². The summed E-state index contributed by atoms with van der Waals surface area (Å²) in [4.78, 5) is 13.8. The molecule has 0 unspecified atom stereocenters. The minimum atomic E-state index is 0.0436. The van der Waals surface area contributed by atoms with E-state index < -0.39 is 0 Å². The lowest BCUT2D eigenvalue weighted by molar-refractivity contribution is -0.115. The molecule has 5 nitrogen and oxygen atoms in total. The lowest BCUT2D eigenvalue weighted by Gasteiger charge is -2.37. The van der Waals surface area contributed by atoms with Gasteiger partial charge < -0.3 is 21.3 Å². The Kier molecular flexibility index (Phi) is 3.53. The number of amides is 1. The maximum absolute atomic E-state index is 11.5. The van der Waals surface area contributed by atoms with E-state index in [2.05, 4.69) is 29.6 Å². The van der Waals surface area contributed by atoms with E-state index in [1.807, 2.05) is 12.1 Å². The number of carbonyl (C=O) groups excluding carboxylic acids is 1. The molecule has 0 aromatic heterocycles. The van der Waals surface area contributed by atoms with Crippen LogP contribution in [-0.2, 0) is 11.2 Å². The Labute approximate surface area is 125 Å². The molecule has 0 radical (unpaired) electrons. The molecule has 2 aliphatic rings. The first kappa shape index (κ1) is 14.2. The summed E-state index contributed by atoms with van der Waals surface area (Å²) in [6.45, 7) is 0.886. The number of nitrogens with zero attached hydrogens (tertiary/aromatic N) is 1. The summed E-state index contributed by atoms with van der Waals surface area (Å²) in [7, 11) is 4.30. The minimum absolute atomic E-state index is 0.0436. The summed E-state index contributed by atoms with van der Waals surface area (Å²) >= 11 is 0. The van der Waals surface area contributed by atoms with Crippen LogP contribution in [0.5, 0.6) is 0 Å². The molecule has 1 fully saturated rings. The normalized spacial score (nSPS) is 19.7. The molecule has 4 N–H and O–H groups in total. The van der Waals surface area contributed by atoms with Crippen molar-refractivity contribution in [3.63, 3.8) is 0 Å². The summed E-state index contributed by atoms with van der Waals surface area (Å²) in [5.74, 6) is 0.0436. The Morgan fingerprint density at radius 3 is 2.71 bits per heavy atom. The summed E-state index contributed by atoms with van der Waals surface area (Å²) in [6.07, 6.45) is 5.44. The molecule has 0 spiro atoms. The molecule has 21 heavy (non-hydrogen) atoms. The van der Waals surface area contributed by atoms with Crippen LogP contribution in [0.25, 0.3) is 0 Å². The average Bonchev–Trinajstić information content (AvgIpc) is 3.02. The van der Waals surface area contributed by atoms with Gasteiger partial charge in [-0.2, -0.15) is 0 Å². The molecule has 1 aromatic rings. The van der Waals surface area contributed by atoms with Crippen LogP contribution >= 0.6 is 0 Å². The van der Waals surface area contributed by atoms with Gasteiger partial charge in [0.1, 0.15) is 0 Å². The molecule has 114 valence electrons. The van der Waals surface area contributed by atoms with Gasteiger partial charge in [-0.15, -0.1) is 0 Å². The zero-order chi connectivity index (χ0) is 15.0. The van der Waals surface area contributed by atoms with Crippen molar-refractivity contribution in [1.29, 1.82) is 0 Å². The van der Waals surface area contributed by atoms with Crippen molar-refractivity contribution in [3.8, 4) is 0 Å². The second-order valence-electron chi connectivity index (χ2n) is 6.50. The van der Waals surface area contributed by atoms with E-state index in [4.69, 9.17) is 5.73 Å². The third-order valence-electron chi connectivity index (χ3n) is 4.99. The number of fused-ring (bicyclic) bond motifs is 1. The highest BCUT2D eigenvalue weighted by Gasteiger charge is 2.35. The van der Waals surface area contributed by atoms with Gasteiger partial charge in [-0.1, -0.05) is 12.8 Å². The first-order valence-corrected chi connectivity index (χ1v) is 7.64. The van der Waals surface area contributed by atoms with E-state index in [1.165, 1.54) is 25.7 Å². The Balaban J connectivity index is 1.76. The van der Waals surface area contributed by atoms with Crippen LogP contribution in [0.4, 0.5) is 17.1 Å². The van der Waals surface area contributed by atoms with E-state index >= 15 is 0 Å². The van der Waals surface area contributed by atoms with E-state index in [0.29, 0.717) is 6.42 Å². The van der Waals surface area contributed by atoms with Gasteiger partial charge in [-0.25, -0.2) is 0 Å². The monoisotopic (exact) mass is 288 g/mol. The van der Waals surface area contributed by atoms with Gasteiger partial charge in [0, 0.05) is 17.8 Å². The summed E-state index contributed by atoms with van der Waals surface area (Å²) in [5.41, 5.74) is 9.87. The van der Waals surface area contributed by atoms with Crippen molar-refractivity contribution < 1.29 is 4.79 Å². The topological polar surface area (TPSA) is 70.4 Å². The van der Waals surface area contributed by atoms with Gasteiger partial charge >= 0.3 is 0 Å². The zero-order valence-corrected chi connectivity index (χ0v) is 12.8. The van der Waals surface area contributed by atoms with Gasteiger partial charge in [0.15, 0.2) is 0 Å². The lowest BCUT2D eigenvalue weighted by Crippen LogP contribution is -2.47. The molecule has 0 saturated heterocycles. The fraction of sp³-hybridized carbons (Fsp3) is 0.562. The lowest BCUT2D eigenvalue weighted by atomic mass is 9.95. The van der Waals surface area contributed by atoms with Crippen LogP contribution in [0.3, 0.4) is 0 Å². The third kappa shape index (κ3) is 2.58. The summed E-state index contributed by atoms with van der Waals surface area (Å²) in [5, 5.41) is 6.38. The standard InChI is InChI=1S/C16H24N4O/c1-20(2)16(5-3-4-6-16)10-18-14-9-13-11(7-12(14)17)8-15(21)19-13/h7,9,18H,3-6,8,10,17H2,1-2H3,(H,19,21). The van der Waals surface area contributed by atoms with Crippen molar-refractivity contribution in [2.75, 3.05) is 37.0 Å². The Hall–Kier alpha value is -1.75. The number of nitrogen functional groups attached to an aromatic ring is 1. The number of nitrogens with one attached hydrogen (secondary N) is 2. The molecule has 3 rings (SSSR count). The number of likely N-dealkylation sites (N-methyl/N-ethyl adjacent to an activating group) is 1. The molecule has 1 heterocycles. The highest BCUT2D eigenvalue weighted by molar-refractivity contribution is 6.00. The Morgan fingerprint density at radius 1 is 1.33 bits per heavy atom. The van der Waals surface area contributed by atoms with E-state index in [9.17, 15) is 4.79 Å². The maximum atomic E-state index is 11.5. The molecular formula is C16H24N4O. The number of hydrogen-bond donors (Lipinski definition) is 3. The van der Waals surface area contributed by atoms with Crippen molar-refractivity contribution in [1.82, 2.24) is 4.90 Å². The predicted octanol–water partition coefficient (Wildman–Crippen LogP) is 2.05. The minimum Gasteiger partial charge on any atom is -0.397 e. The second kappa shape index (κ2) is 5.22. The summed E-state index contributed by atoms with van der Waals surface area (Å²) in [6, 6.07) is 3.88. The van der Waals surface area contributed by atoms with Gasteiger partial charge in [0.2, 0.25) is 5.91 Å². The molecule has 1 aliphatic heterocycles. The van der Waals surface area contributed by atoms with Crippen LogP contribution in [0, 0.1) is 0 Å². The fourth-order valence-electron chi connectivity index (χ4n) is 3.52. The largest absolute Gasteiger partial charge is 0.397 e. The molecule has 1 aliphatic carbocycles. The maximum Gasteiger partial charge on any atom is 0.228 e. The number of carbonyl (C=O) groups is 1. The van der Waals surface area contributed by atoms with Crippen LogP contribution in [0.2, 0.25) is 0 Å². The smallest absolute Gasteiger partial charge is 0.228 e. The van der Waals surface area contributed by atoms with Crippen molar-refractivity contribution in [2.24, 2.45) is 0 Å². The van der Waals surface area contributed by atoms with Crippen molar-refractivity contribution in [2.45, 2.75) is 37.6 Å². The van der Waals surface area contributed by atoms with Crippen LogP contribution in [0.1, 0.15) is 31.2 Å². The van der Waals surface area contributed by atoms with Crippen LogP contribution < -0.4 is 16.4 Å². The van der Waals surface area contributed by atoms with Crippen molar-refractivity contribution in [3.05, 3.63) is 17.7 Å².